The van der Waals surface area contributed by atoms with E-state index in [1.807, 2.05) is 6.92 Å². The van der Waals surface area contributed by atoms with Crippen LogP contribution in [0.25, 0.3) is 0 Å². The third kappa shape index (κ3) is 3.23. The van der Waals surface area contributed by atoms with Gasteiger partial charge in [0.15, 0.2) is 0 Å². The third-order valence-corrected chi connectivity index (χ3v) is 2.15. The molecule has 5 N–H and O–H groups in total. The minimum atomic E-state index is -0.604. The van der Waals surface area contributed by atoms with Gasteiger partial charge < -0.3 is 10.4 Å². The van der Waals surface area contributed by atoms with E-state index in [4.69, 9.17) is 10.9 Å². The van der Waals surface area contributed by atoms with Gasteiger partial charge in [-0.25, -0.2) is 10.8 Å². The number of aliphatic hydroxyl groups is 1. The number of hydrogen-bond donors (Lipinski definition) is 4. The molecule has 17 heavy (non-hydrogen) atoms. The first-order chi connectivity index (χ1) is 8.12. The van der Waals surface area contributed by atoms with Gasteiger partial charge in [0.2, 0.25) is 11.8 Å². The predicted octanol–water partition coefficient (Wildman–Crippen LogP) is -0.147. The quantitative estimate of drug-likeness (QED) is 0.307. The molecule has 94 valence electrons. The van der Waals surface area contributed by atoms with Crippen molar-refractivity contribution in [2.24, 2.45) is 5.84 Å². The maximum atomic E-state index is 10.8. The monoisotopic (exact) mass is 242 g/mol. The van der Waals surface area contributed by atoms with Crippen molar-refractivity contribution >= 4 is 17.5 Å². The standard InChI is InChI=1S/C8H14N6O3/c1-2-5(4-15)11-7-6(14(16)17)3-10-8(12-7)13-9/h3,5,15H,2,4,9H2,1H3,(H2,10,11,12,13). The topological polar surface area (TPSA) is 139 Å². The summed E-state index contributed by atoms with van der Waals surface area (Å²) < 4.78 is 0. The Morgan fingerprint density at radius 3 is 2.88 bits per heavy atom. The van der Waals surface area contributed by atoms with Crippen molar-refractivity contribution in [3.63, 3.8) is 0 Å². The van der Waals surface area contributed by atoms with Gasteiger partial charge in [-0.3, -0.25) is 15.5 Å². The van der Waals surface area contributed by atoms with Gasteiger partial charge in [-0.1, -0.05) is 6.92 Å². The molecule has 9 heteroatoms. The van der Waals surface area contributed by atoms with E-state index in [0.717, 1.165) is 6.20 Å². The molecule has 1 atom stereocenters. The Morgan fingerprint density at radius 1 is 1.71 bits per heavy atom. The normalized spacial score (nSPS) is 11.9. The van der Waals surface area contributed by atoms with Crippen molar-refractivity contribution < 1.29 is 10.0 Å². The van der Waals surface area contributed by atoms with E-state index in [-0.39, 0.29) is 30.1 Å². The van der Waals surface area contributed by atoms with Gasteiger partial charge in [0.25, 0.3) is 0 Å². The maximum absolute atomic E-state index is 10.8. The molecule has 1 heterocycles. The first-order valence-corrected chi connectivity index (χ1v) is 4.97. The Balaban J connectivity index is 3.04. The van der Waals surface area contributed by atoms with E-state index in [2.05, 4.69) is 20.7 Å². The Labute approximate surface area is 97.2 Å². The van der Waals surface area contributed by atoms with Crippen LogP contribution in [0.1, 0.15) is 13.3 Å². The number of hydrogen-bond acceptors (Lipinski definition) is 8. The summed E-state index contributed by atoms with van der Waals surface area (Å²) in [6.07, 6.45) is 1.65. The fourth-order valence-corrected chi connectivity index (χ4v) is 1.15. The number of nitrogen functional groups attached to an aromatic ring is 1. The van der Waals surface area contributed by atoms with Crippen molar-refractivity contribution in [1.82, 2.24) is 9.97 Å². The van der Waals surface area contributed by atoms with Crippen LogP contribution in [-0.2, 0) is 0 Å². The van der Waals surface area contributed by atoms with E-state index < -0.39 is 4.92 Å². The number of anilines is 2. The van der Waals surface area contributed by atoms with Gasteiger partial charge in [-0.2, -0.15) is 4.98 Å². The molecule has 1 rings (SSSR count). The van der Waals surface area contributed by atoms with Crippen LogP contribution in [0.4, 0.5) is 17.5 Å². The van der Waals surface area contributed by atoms with Crippen molar-refractivity contribution in [2.75, 3.05) is 17.3 Å². The molecule has 1 aromatic rings. The number of nitro groups is 1. The highest BCUT2D eigenvalue weighted by atomic mass is 16.6. The van der Waals surface area contributed by atoms with Crippen LogP contribution >= 0.6 is 0 Å². The van der Waals surface area contributed by atoms with Gasteiger partial charge in [-0.15, -0.1) is 0 Å². The molecule has 0 saturated carbocycles. The zero-order valence-electron chi connectivity index (χ0n) is 9.25. The van der Waals surface area contributed by atoms with Crippen molar-refractivity contribution in [2.45, 2.75) is 19.4 Å². The number of aromatic nitrogens is 2. The zero-order chi connectivity index (χ0) is 12.8. The molecule has 0 aliphatic heterocycles. The SMILES string of the molecule is CCC(CO)Nc1nc(NN)ncc1[N+](=O)[O-]. The summed E-state index contributed by atoms with van der Waals surface area (Å²) in [6, 6.07) is -0.311. The molecule has 0 fully saturated rings. The van der Waals surface area contributed by atoms with Crippen molar-refractivity contribution in [3.05, 3.63) is 16.3 Å². The number of rotatable bonds is 6. The fraction of sp³-hybridized carbons (Fsp3) is 0.500. The first-order valence-electron chi connectivity index (χ1n) is 4.97. The second-order valence-electron chi connectivity index (χ2n) is 3.26. The molecule has 0 aliphatic carbocycles. The molecule has 0 saturated heterocycles. The number of aliphatic hydroxyl groups excluding tert-OH is 1. The van der Waals surface area contributed by atoms with Gasteiger partial charge in [0.1, 0.15) is 6.20 Å². The summed E-state index contributed by atoms with van der Waals surface area (Å²) >= 11 is 0. The molecule has 9 nitrogen and oxygen atoms in total. The van der Waals surface area contributed by atoms with E-state index in [1.165, 1.54) is 0 Å². The number of nitrogens with two attached hydrogens (primary N) is 1. The van der Waals surface area contributed by atoms with Crippen LogP contribution in [0.3, 0.4) is 0 Å². The molecular weight excluding hydrogens is 228 g/mol. The number of nitrogens with one attached hydrogen (secondary N) is 2. The summed E-state index contributed by atoms with van der Waals surface area (Å²) in [5.74, 6) is 5.21. The Morgan fingerprint density at radius 2 is 2.41 bits per heavy atom. The average Bonchev–Trinajstić information content (AvgIpc) is 2.35. The van der Waals surface area contributed by atoms with Gasteiger partial charge in [-0.05, 0) is 6.42 Å². The number of hydrazine groups is 1. The van der Waals surface area contributed by atoms with Gasteiger partial charge >= 0.3 is 5.69 Å². The highest BCUT2D eigenvalue weighted by molar-refractivity contribution is 5.57. The van der Waals surface area contributed by atoms with Crippen LogP contribution in [0, 0.1) is 10.1 Å². The minimum absolute atomic E-state index is 0.0267. The Hall–Kier alpha value is -2.00. The van der Waals surface area contributed by atoms with E-state index in [1.54, 1.807) is 0 Å². The van der Waals surface area contributed by atoms with Gasteiger partial charge in [0.05, 0.1) is 17.6 Å². The lowest BCUT2D eigenvalue weighted by atomic mass is 10.2. The zero-order valence-corrected chi connectivity index (χ0v) is 9.25. The molecule has 1 aromatic heterocycles. The molecule has 0 amide bonds. The van der Waals surface area contributed by atoms with Crippen LogP contribution in [0.5, 0.6) is 0 Å². The Bertz CT molecular complexity index is 395. The van der Waals surface area contributed by atoms with E-state index in [9.17, 15) is 10.1 Å². The second-order valence-corrected chi connectivity index (χ2v) is 3.26. The second kappa shape index (κ2) is 5.92. The molecule has 0 aliphatic rings. The average molecular weight is 242 g/mol. The van der Waals surface area contributed by atoms with Crippen LogP contribution in [-0.4, -0.2) is 32.6 Å². The van der Waals surface area contributed by atoms with Crippen LogP contribution in [0.15, 0.2) is 6.20 Å². The highest BCUT2D eigenvalue weighted by Gasteiger charge is 2.19. The lowest BCUT2D eigenvalue weighted by molar-refractivity contribution is -0.384. The minimum Gasteiger partial charge on any atom is -0.394 e. The maximum Gasteiger partial charge on any atom is 0.329 e. The van der Waals surface area contributed by atoms with Gasteiger partial charge in [0, 0.05) is 0 Å². The summed E-state index contributed by atoms with van der Waals surface area (Å²) in [6.45, 7) is 1.69. The number of nitrogens with zero attached hydrogens (tertiary/aromatic N) is 3. The summed E-state index contributed by atoms with van der Waals surface area (Å²) in [5, 5.41) is 22.5. The molecule has 1 unspecified atom stereocenters. The highest BCUT2D eigenvalue weighted by Crippen LogP contribution is 2.22. The summed E-state index contributed by atoms with van der Waals surface area (Å²) in [7, 11) is 0. The molecule has 0 radical (unpaired) electrons. The molecule has 0 spiro atoms. The van der Waals surface area contributed by atoms with Crippen molar-refractivity contribution in [1.29, 1.82) is 0 Å². The Kier molecular flexibility index (Phi) is 4.55. The summed E-state index contributed by atoms with van der Waals surface area (Å²) in [4.78, 5) is 17.6. The lowest BCUT2D eigenvalue weighted by Crippen LogP contribution is -2.24. The third-order valence-electron chi connectivity index (χ3n) is 2.15. The van der Waals surface area contributed by atoms with Crippen LogP contribution < -0.4 is 16.6 Å². The first kappa shape index (κ1) is 13.1. The predicted molar refractivity (Wildman–Crippen MR) is 61.3 cm³/mol. The summed E-state index contributed by atoms with van der Waals surface area (Å²) in [5.41, 5.74) is 1.93. The largest absolute Gasteiger partial charge is 0.394 e. The fourth-order valence-electron chi connectivity index (χ4n) is 1.15. The lowest BCUT2D eigenvalue weighted by Gasteiger charge is -2.14. The molecule has 0 aromatic carbocycles. The van der Waals surface area contributed by atoms with Crippen LogP contribution in [0.2, 0.25) is 0 Å². The van der Waals surface area contributed by atoms with E-state index >= 15 is 0 Å². The van der Waals surface area contributed by atoms with Crippen molar-refractivity contribution in [3.8, 4) is 0 Å². The smallest absolute Gasteiger partial charge is 0.329 e. The van der Waals surface area contributed by atoms with E-state index in [0.29, 0.717) is 6.42 Å². The molecular formula is C8H14N6O3. The molecule has 0 bridgehead atoms.